The van der Waals surface area contributed by atoms with Crippen LogP contribution in [0.1, 0.15) is 25.3 Å². The van der Waals surface area contributed by atoms with Crippen LogP contribution in [0.4, 0.5) is 5.69 Å². The molecule has 1 aromatic carbocycles. The number of nitrogens with zero attached hydrogens (tertiary/aromatic N) is 2. The number of phenolic OH excluding ortho intramolecular Hbond substituents is 1. The number of aromatic hydroxyl groups is 1. The Hall–Kier alpha value is -3.08. The molecule has 0 saturated heterocycles. The highest BCUT2D eigenvalue weighted by Crippen LogP contribution is 2.39. The van der Waals surface area contributed by atoms with Gasteiger partial charge in [0.2, 0.25) is 0 Å². The molecule has 5 heteroatoms. The first-order valence-corrected chi connectivity index (χ1v) is 7.60. The summed E-state index contributed by atoms with van der Waals surface area (Å²) in [6.07, 6.45) is 5.28. The number of anilines is 1. The lowest BCUT2D eigenvalue weighted by Crippen LogP contribution is -2.29. The van der Waals surface area contributed by atoms with Crippen molar-refractivity contribution in [2.24, 2.45) is 0 Å². The first kappa shape index (κ1) is 15.8. The number of aliphatic carboxylic acids is 1. The van der Waals surface area contributed by atoms with Crippen molar-refractivity contribution in [1.82, 2.24) is 4.98 Å². The van der Waals surface area contributed by atoms with Crippen LogP contribution in [0.25, 0.3) is 0 Å². The van der Waals surface area contributed by atoms with Crippen LogP contribution < -0.4 is 4.90 Å². The maximum atomic E-state index is 11.9. The second-order valence-electron chi connectivity index (χ2n) is 5.73. The second kappa shape index (κ2) is 6.20. The van der Waals surface area contributed by atoms with E-state index in [-0.39, 0.29) is 11.3 Å². The number of rotatable bonds is 3. The highest BCUT2D eigenvalue weighted by Gasteiger charge is 2.31. The Kier molecular flexibility index (Phi) is 4.08. The number of carboxylic acids is 1. The molecule has 2 aromatic rings. The fraction of sp³-hybridized carbons (Fsp3) is 0.158. The number of aromatic nitrogens is 1. The van der Waals surface area contributed by atoms with Gasteiger partial charge in [-0.3, -0.25) is 4.98 Å². The molecule has 1 aliphatic heterocycles. The molecule has 1 aromatic heterocycles. The van der Waals surface area contributed by atoms with E-state index in [2.05, 4.69) is 4.98 Å². The molecule has 1 aliphatic rings. The van der Waals surface area contributed by atoms with Crippen LogP contribution in [0, 0.1) is 0 Å². The summed E-state index contributed by atoms with van der Waals surface area (Å²) in [6, 6.07) is 10.4. The van der Waals surface area contributed by atoms with Gasteiger partial charge in [-0.25, -0.2) is 4.79 Å². The molecule has 24 heavy (non-hydrogen) atoms. The molecule has 0 aliphatic carbocycles. The zero-order valence-corrected chi connectivity index (χ0v) is 13.5. The van der Waals surface area contributed by atoms with E-state index in [1.807, 2.05) is 36.1 Å². The monoisotopic (exact) mass is 322 g/mol. The molecular weight excluding hydrogens is 304 g/mol. The highest BCUT2D eigenvalue weighted by atomic mass is 16.4. The molecule has 3 rings (SSSR count). The Morgan fingerprint density at radius 1 is 1.21 bits per heavy atom. The van der Waals surface area contributed by atoms with Gasteiger partial charge in [-0.2, -0.15) is 0 Å². The Bertz CT molecular complexity index is 841. The van der Waals surface area contributed by atoms with Gasteiger partial charge in [0.15, 0.2) is 0 Å². The van der Waals surface area contributed by atoms with Gasteiger partial charge in [0.1, 0.15) is 5.75 Å². The first-order chi connectivity index (χ1) is 11.5. The maximum Gasteiger partial charge on any atom is 0.334 e. The Labute approximate surface area is 140 Å². The molecule has 2 heterocycles. The Balaban J connectivity index is 2.14. The summed E-state index contributed by atoms with van der Waals surface area (Å²) in [6.45, 7) is 3.73. The molecule has 5 nitrogen and oxygen atoms in total. The molecule has 0 saturated carbocycles. The van der Waals surface area contributed by atoms with Gasteiger partial charge >= 0.3 is 5.97 Å². The van der Waals surface area contributed by atoms with Gasteiger partial charge < -0.3 is 15.1 Å². The average Bonchev–Trinajstić information content (AvgIpc) is 2.55. The number of pyridine rings is 1. The molecule has 1 atom stereocenters. The molecule has 2 N–H and O–H groups in total. The van der Waals surface area contributed by atoms with Crippen molar-refractivity contribution in [3.05, 3.63) is 77.4 Å². The summed E-state index contributed by atoms with van der Waals surface area (Å²) < 4.78 is 0. The molecule has 0 radical (unpaired) electrons. The number of hydrogen-bond donors (Lipinski definition) is 2. The molecule has 0 spiro atoms. The summed E-state index contributed by atoms with van der Waals surface area (Å²) >= 11 is 0. The molecule has 1 unspecified atom stereocenters. The maximum absolute atomic E-state index is 11.9. The topological polar surface area (TPSA) is 73.7 Å². The molecule has 0 amide bonds. The van der Waals surface area contributed by atoms with E-state index < -0.39 is 11.9 Å². The quantitative estimate of drug-likeness (QED) is 0.902. The lowest BCUT2D eigenvalue weighted by atomic mass is 9.86. The van der Waals surface area contributed by atoms with Crippen LogP contribution in [0.5, 0.6) is 5.75 Å². The van der Waals surface area contributed by atoms with Crippen LogP contribution in [-0.2, 0) is 4.79 Å². The lowest BCUT2D eigenvalue weighted by molar-refractivity contribution is -0.133. The molecular formula is C19H18N2O3. The standard InChI is InChI=1S/C19H18N2O3/c1-12-9-17(14-5-3-7-16(22)10-14)18(19(23)24)13(2)21(12)15-6-4-8-20-11-15/h3-11,17,22H,1-2H3,(H,23,24). The van der Waals surface area contributed by atoms with E-state index in [1.54, 1.807) is 37.5 Å². The molecule has 0 fully saturated rings. The van der Waals surface area contributed by atoms with Crippen molar-refractivity contribution >= 4 is 11.7 Å². The van der Waals surface area contributed by atoms with E-state index in [9.17, 15) is 15.0 Å². The van der Waals surface area contributed by atoms with E-state index in [0.29, 0.717) is 5.70 Å². The smallest absolute Gasteiger partial charge is 0.334 e. The summed E-state index contributed by atoms with van der Waals surface area (Å²) in [7, 11) is 0. The minimum atomic E-state index is -0.974. The fourth-order valence-electron chi connectivity index (χ4n) is 3.16. The Morgan fingerprint density at radius 2 is 2.00 bits per heavy atom. The highest BCUT2D eigenvalue weighted by molar-refractivity contribution is 5.92. The third-order valence-corrected chi connectivity index (χ3v) is 4.16. The lowest BCUT2D eigenvalue weighted by Gasteiger charge is -2.34. The van der Waals surface area contributed by atoms with Gasteiger partial charge in [0.25, 0.3) is 0 Å². The van der Waals surface area contributed by atoms with Gasteiger partial charge in [-0.1, -0.05) is 18.2 Å². The minimum absolute atomic E-state index is 0.121. The van der Waals surface area contributed by atoms with Crippen molar-refractivity contribution < 1.29 is 15.0 Å². The number of hydrogen-bond acceptors (Lipinski definition) is 4. The number of benzene rings is 1. The second-order valence-corrected chi connectivity index (χ2v) is 5.73. The summed E-state index contributed by atoms with van der Waals surface area (Å²) in [4.78, 5) is 17.9. The van der Waals surface area contributed by atoms with Crippen molar-refractivity contribution in [2.75, 3.05) is 4.90 Å². The summed E-state index contributed by atoms with van der Waals surface area (Å²) in [5.74, 6) is -1.27. The van der Waals surface area contributed by atoms with Crippen molar-refractivity contribution in [2.45, 2.75) is 19.8 Å². The van der Waals surface area contributed by atoms with Gasteiger partial charge in [0, 0.05) is 23.5 Å². The van der Waals surface area contributed by atoms with Gasteiger partial charge in [0.05, 0.1) is 17.5 Å². The van der Waals surface area contributed by atoms with Gasteiger partial charge in [-0.05, 0) is 43.7 Å². The molecule has 122 valence electrons. The first-order valence-electron chi connectivity index (χ1n) is 7.60. The molecule has 0 bridgehead atoms. The predicted molar refractivity (Wildman–Crippen MR) is 91.7 cm³/mol. The summed E-state index contributed by atoms with van der Waals surface area (Å²) in [5, 5.41) is 19.5. The van der Waals surface area contributed by atoms with E-state index in [0.717, 1.165) is 16.9 Å². The zero-order chi connectivity index (χ0) is 17.3. The average molecular weight is 322 g/mol. The number of carboxylic acid groups (broad SMARTS) is 1. The van der Waals surface area contributed by atoms with Crippen LogP contribution in [0.15, 0.2) is 71.8 Å². The van der Waals surface area contributed by atoms with E-state index in [1.165, 1.54) is 0 Å². The van der Waals surface area contributed by atoms with Crippen molar-refractivity contribution in [3.63, 3.8) is 0 Å². The largest absolute Gasteiger partial charge is 0.508 e. The van der Waals surface area contributed by atoms with Crippen LogP contribution in [0.2, 0.25) is 0 Å². The Morgan fingerprint density at radius 3 is 2.62 bits per heavy atom. The van der Waals surface area contributed by atoms with Crippen molar-refractivity contribution in [1.29, 1.82) is 0 Å². The van der Waals surface area contributed by atoms with E-state index >= 15 is 0 Å². The minimum Gasteiger partial charge on any atom is -0.508 e. The third-order valence-electron chi connectivity index (χ3n) is 4.16. The van der Waals surface area contributed by atoms with Crippen LogP contribution >= 0.6 is 0 Å². The van der Waals surface area contributed by atoms with Crippen molar-refractivity contribution in [3.8, 4) is 5.75 Å². The number of allylic oxidation sites excluding steroid dienone is 3. The normalized spacial score (nSPS) is 17.7. The number of phenols is 1. The van der Waals surface area contributed by atoms with Gasteiger partial charge in [-0.15, -0.1) is 0 Å². The van der Waals surface area contributed by atoms with Crippen LogP contribution in [-0.4, -0.2) is 21.2 Å². The zero-order valence-electron chi connectivity index (χ0n) is 13.5. The number of carbonyl (C=O) groups is 1. The third kappa shape index (κ3) is 2.76. The summed E-state index contributed by atoms with van der Waals surface area (Å²) in [5.41, 5.74) is 3.41. The predicted octanol–water partition coefficient (Wildman–Crippen LogP) is 3.65. The van der Waals surface area contributed by atoms with E-state index in [4.69, 9.17) is 0 Å². The SMILES string of the molecule is CC1=CC(c2cccc(O)c2)C(C(=O)O)=C(C)N1c1cccnc1. The fourth-order valence-corrected chi connectivity index (χ4v) is 3.16. The van der Waals surface area contributed by atoms with Crippen LogP contribution in [0.3, 0.4) is 0 Å².